The van der Waals surface area contributed by atoms with Gasteiger partial charge in [-0.25, -0.2) is 0 Å². The van der Waals surface area contributed by atoms with Gasteiger partial charge in [-0.1, -0.05) is 0 Å². The maximum atomic E-state index is 12.0. The van der Waals surface area contributed by atoms with Crippen molar-refractivity contribution in [2.24, 2.45) is 7.05 Å². The number of nitrogens with one attached hydrogen (secondary N) is 1. The van der Waals surface area contributed by atoms with Crippen molar-refractivity contribution in [1.29, 1.82) is 0 Å². The van der Waals surface area contributed by atoms with Gasteiger partial charge >= 0.3 is 6.01 Å². The number of aliphatic hydroxyl groups excluding tert-OH is 3. The standard InChI is InChI=1S/C11H16BrN3O6/c1-15-10(19)5(12)8(14-11(15)20-2)13-9-7(18)6(17)4(16)3-21-9/h4,6-7,9,13,16-18H,3H2,1-2H3/t4-,6-,7-,9-/m1/s1. The number of anilines is 1. The lowest BCUT2D eigenvalue weighted by Gasteiger charge is -2.35. The minimum Gasteiger partial charge on any atom is -0.468 e. The molecule has 2 heterocycles. The minimum absolute atomic E-state index is 0.0663. The Morgan fingerprint density at radius 3 is 2.71 bits per heavy atom. The van der Waals surface area contributed by atoms with E-state index < -0.39 is 30.1 Å². The lowest BCUT2D eigenvalue weighted by atomic mass is 10.0. The van der Waals surface area contributed by atoms with Crippen LogP contribution in [0.2, 0.25) is 0 Å². The molecule has 0 saturated carbocycles. The van der Waals surface area contributed by atoms with Crippen LogP contribution in [0, 0.1) is 0 Å². The van der Waals surface area contributed by atoms with Crippen molar-refractivity contribution in [3.05, 3.63) is 14.8 Å². The van der Waals surface area contributed by atoms with E-state index in [4.69, 9.17) is 9.47 Å². The second-order valence-electron chi connectivity index (χ2n) is 4.57. The molecule has 0 radical (unpaired) electrons. The van der Waals surface area contributed by atoms with E-state index in [0.29, 0.717) is 0 Å². The maximum Gasteiger partial charge on any atom is 0.300 e. The first-order chi connectivity index (χ1) is 9.86. The Morgan fingerprint density at radius 2 is 2.10 bits per heavy atom. The molecule has 4 atom stereocenters. The second-order valence-corrected chi connectivity index (χ2v) is 5.37. The van der Waals surface area contributed by atoms with Gasteiger partial charge in [-0.3, -0.25) is 9.36 Å². The zero-order chi connectivity index (χ0) is 15.7. The van der Waals surface area contributed by atoms with Gasteiger partial charge in [0.15, 0.2) is 12.0 Å². The number of nitrogens with zero attached hydrogens (tertiary/aromatic N) is 2. The topological polar surface area (TPSA) is 126 Å². The smallest absolute Gasteiger partial charge is 0.300 e. The van der Waals surface area contributed by atoms with E-state index >= 15 is 0 Å². The van der Waals surface area contributed by atoms with Gasteiger partial charge < -0.3 is 30.1 Å². The molecular weight excluding hydrogens is 350 g/mol. The van der Waals surface area contributed by atoms with Crippen LogP contribution in [-0.2, 0) is 11.8 Å². The van der Waals surface area contributed by atoms with Crippen molar-refractivity contribution >= 4 is 21.7 Å². The molecule has 1 aliphatic rings. The zero-order valence-corrected chi connectivity index (χ0v) is 12.9. The summed E-state index contributed by atoms with van der Waals surface area (Å²) in [7, 11) is 2.86. The molecule has 9 nitrogen and oxygen atoms in total. The summed E-state index contributed by atoms with van der Waals surface area (Å²) in [6, 6.07) is 0.0663. The highest BCUT2D eigenvalue weighted by Gasteiger charge is 2.38. The molecule has 0 spiro atoms. The fraction of sp³-hybridized carbons (Fsp3) is 0.636. The van der Waals surface area contributed by atoms with Crippen molar-refractivity contribution < 1.29 is 24.8 Å². The van der Waals surface area contributed by atoms with Crippen LogP contribution in [0.3, 0.4) is 0 Å². The summed E-state index contributed by atoms with van der Waals surface area (Å²) < 4.78 is 11.5. The van der Waals surface area contributed by atoms with Crippen molar-refractivity contribution in [3.8, 4) is 6.01 Å². The highest BCUT2D eigenvalue weighted by Crippen LogP contribution is 2.23. The number of hydrogen-bond acceptors (Lipinski definition) is 8. The van der Waals surface area contributed by atoms with Crippen molar-refractivity contribution in [1.82, 2.24) is 9.55 Å². The van der Waals surface area contributed by atoms with Gasteiger partial charge in [0.1, 0.15) is 22.8 Å². The molecule has 0 amide bonds. The summed E-state index contributed by atoms with van der Waals surface area (Å²) in [5.74, 6) is 0.0996. The molecular formula is C11H16BrN3O6. The summed E-state index contributed by atoms with van der Waals surface area (Å²) >= 11 is 3.11. The minimum atomic E-state index is -1.38. The molecule has 10 heteroatoms. The molecule has 1 fully saturated rings. The predicted octanol–water partition coefficient (Wildman–Crippen LogP) is -1.60. The Kier molecular flexibility index (Phi) is 4.84. The van der Waals surface area contributed by atoms with Crippen molar-refractivity contribution in [2.75, 3.05) is 19.0 Å². The summed E-state index contributed by atoms with van der Waals surface area (Å²) in [5, 5.41) is 31.6. The van der Waals surface area contributed by atoms with Crippen molar-refractivity contribution in [2.45, 2.75) is 24.5 Å². The van der Waals surface area contributed by atoms with E-state index in [9.17, 15) is 20.1 Å². The first kappa shape index (κ1) is 16.2. The van der Waals surface area contributed by atoms with E-state index in [-0.39, 0.29) is 22.9 Å². The quantitative estimate of drug-likeness (QED) is 0.504. The summed E-state index contributed by atoms with van der Waals surface area (Å²) in [6.45, 7) is -0.157. The Balaban J connectivity index is 2.28. The molecule has 1 aromatic rings. The first-order valence-corrected chi connectivity index (χ1v) is 6.89. The molecule has 2 rings (SSSR count). The molecule has 0 unspecified atom stereocenters. The van der Waals surface area contributed by atoms with Gasteiger partial charge in [0, 0.05) is 7.05 Å². The molecule has 1 saturated heterocycles. The summed E-state index contributed by atoms with van der Waals surface area (Å²) in [5.41, 5.74) is -0.393. The molecule has 0 aliphatic carbocycles. The van der Waals surface area contributed by atoms with Crippen LogP contribution in [0.15, 0.2) is 9.27 Å². The van der Waals surface area contributed by atoms with Crippen LogP contribution in [0.1, 0.15) is 0 Å². The largest absolute Gasteiger partial charge is 0.468 e. The van der Waals surface area contributed by atoms with Gasteiger partial charge in [-0.05, 0) is 15.9 Å². The van der Waals surface area contributed by atoms with E-state index in [1.807, 2.05) is 0 Å². The molecule has 21 heavy (non-hydrogen) atoms. The molecule has 1 aliphatic heterocycles. The Morgan fingerprint density at radius 1 is 1.43 bits per heavy atom. The highest BCUT2D eigenvalue weighted by atomic mass is 79.9. The number of rotatable bonds is 3. The fourth-order valence-corrected chi connectivity index (χ4v) is 2.37. The summed E-state index contributed by atoms with van der Waals surface area (Å²) in [4.78, 5) is 16.0. The fourth-order valence-electron chi connectivity index (χ4n) is 1.90. The predicted molar refractivity (Wildman–Crippen MR) is 75.1 cm³/mol. The molecule has 4 N–H and O–H groups in total. The average Bonchev–Trinajstić information content (AvgIpc) is 2.48. The summed E-state index contributed by atoms with van der Waals surface area (Å²) in [6.07, 6.45) is -4.93. The number of ether oxygens (including phenoxy) is 2. The van der Waals surface area contributed by atoms with E-state index in [2.05, 4.69) is 26.2 Å². The third-order valence-corrected chi connectivity index (χ3v) is 3.87. The Labute approximate surface area is 128 Å². The second kappa shape index (κ2) is 6.28. The van der Waals surface area contributed by atoms with Crippen LogP contribution in [-0.4, -0.2) is 63.1 Å². The van der Waals surface area contributed by atoms with Gasteiger partial charge in [0.25, 0.3) is 5.56 Å². The van der Waals surface area contributed by atoms with Gasteiger partial charge in [0.05, 0.1) is 13.7 Å². The number of halogens is 1. The third-order valence-electron chi connectivity index (χ3n) is 3.16. The lowest BCUT2D eigenvalue weighted by Crippen LogP contribution is -2.55. The van der Waals surface area contributed by atoms with Crippen LogP contribution in [0.5, 0.6) is 6.01 Å². The van der Waals surface area contributed by atoms with Gasteiger partial charge in [-0.15, -0.1) is 0 Å². The zero-order valence-electron chi connectivity index (χ0n) is 11.4. The number of methoxy groups -OCH3 is 1. The van der Waals surface area contributed by atoms with Crippen LogP contribution in [0.4, 0.5) is 5.82 Å². The van der Waals surface area contributed by atoms with Crippen LogP contribution < -0.4 is 15.6 Å². The van der Waals surface area contributed by atoms with Gasteiger partial charge in [0.2, 0.25) is 0 Å². The first-order valence-electron chi connectivity index (χ1n) is 6.09. The third kappa shape index (κ3) is 3.04. The Bertz CT molecular complexity index is 580. The number of aromatic nitrogens is 2. The van der Waals surface area contributed by atoms with Crippen LogP contribution in [0.25, 0.3) is 0 Å². The molecule has 1 aromatic heterocycles. The van der Waals surface area contributed by atoms with Crippen molar-refractivity contribution in [3.63, 3.8) is 0 Å². The Hall–Kier alpha value is -1.20. The van der Waals surface area contributed by atoms with Crippen LogP contribution >= 0.6 is 15.9 Å². The average molecular weight is 366 g/mol. The van der Waals surface area contributed by atoms with E-state index in [1.165, 1.54) is 18.7 Å². The number of hydrogen-bond donors (Lipinski definition) is 4. The SMILES string of the molecule is COc1nc(N[C@@H]2OC[C@@H](O)[C@@H](O)[C@H]2O)c(Br)c(=O)n1C. The lowest BCUT2D eigenvalue weighted by molar-refractivity contribution is -0.178. The molecule has 118 valence electrons. The van der Waals surface area contributed by atoms with Gasteiger partial charge in [-0.2, -0.15) is 4.98 Å². The molecule has 0 aromatic carbocycles. The maximum absolute atomic E-state index is 12.0. The normalized spacial score (nSPS) is 29.2. The number of aliphatic hydroxyl groups is 3. The highest BCUT2D eigenvalue weighted by molar-refractivity contribution is 9.10. The monoisotopic (exact) mass is 365 g/mol. The molecule has 0 bridgehead atoms. The van der Waals surface area contributed by atoms with E-state index in [0.717, 1.165) is 0 Å². The van der Waals surface area contributed by atoms with E-state index in [1.54, 1.807) is 0 Å².